The van der Waals surface area contributed by atoms with Crippen LogP contribution in [0.15, 0.2) is 23.0 Å². The molecule has 29 heavy (non-hydrogen) atoms. The van der Waals surface area contributed by atoms with Crippen LogP contribution in [0.1, 0.15) is 36.0 Å². The SMILES string of the molecule is O=C(c1ccoc1)N1CCN(C(=O)N2C[C@H]3C[C@H](C2)[C@H]2CCCC(=O)N2C3)CC1. The van der Waals surface area contributed by atoms with Gasteiger partial charge in [-0.2, -0.15) is 0 Å². The van der Waals surface area contributed by atoms with Crippen LogP contribution in [0.25, 0.3) is 0 Å². The first-order valence-electron chi connectivity index (χ1n) is 10.7. The van der Waals surface area contributed by atoms with Gasteiger partial charge in [0.25, 0.3) is 5.91 Å². The molecule has 0 saturated carbocycles. The highest BCUT2D eigenvalue weighted by atomic mass is 16.3. The van der Waals surface area contributed by atoms with Crippen molar-refractivity contribution >= 4 is 17.8 Å². The molecule has 1 aromatic rings. The maximum absolute atomic E-state index is 13.2. The minimum atomic E-state index is -0.0413. The van der Waals surface area contributed by atoms with Gasteiger partial charge in [-0.3, -0.25) is 9.59 Å². The van der Waals surface area contributed by atoms with Gasteiger partial charge in [0.1, 0.15) is 6.26 Å². The summed E-state index contributed by atoms with van der Waals surface area (Å²) in [7, 11) is 0. The number of hydrogen-bond donors (Lipinski definition) is 0. The molecule has 4 saturated heterocycles. The number of piperidine rings is 3. The van der Waals surface area contributed by atoms with Gasteiger partial charge in [-0.25, -0.2) is 4.79 Å². The van der Waals surface area contributed by atoms with Crippen LogP contribution in [0.2, 0.25) is 0 Å². The molecule has 0 unspecified atom stereocenters. The molecule has 8 nitrogen and oxygen atoms in total. The predicted molar refractivity (Wildman–Crippen MR) is 104 cm³/mol. The number of urea groups is 1. The van der Waals surface area contributed by atoms with E-state index in [-0.39, 0.29) is 11.9 Å². The summed E-state index contributed by atoms with van der Waals surface area (Å²) in [6.45, 7) is 4.49. The number of nitrogens with zero attached hydrogens (tertiary/aromatic N) is 4. The first-order valence-corrected chi connectivity index (χ1v) is 10.7. The Bertz CT molecular complexity index is 787. The van der Waals surface area contributed by atoms with Crippen molar-refractivity contribution in [2.45, 2.75) is 31.7 Å². The molecule has 0 aromatic carbocycles. The first-order chi connectivity index (χ1) is 14.1. The van der Waals surface area contributed by atoms with Crippen molar-refractivity contribution in [2.75, 3.05) is 45.8 Å². The fourth-order valence-corrected chi connectivity index (χ4v) is 5.64. The minimum absolute atomic E-state index is 0.0413. The Kier molecular flexibility index (Phi) is 4.72. The summed E-state index contributed by atoms with van der Waals surface area (Å²) in [5, 5.41) is 0. The van der Waals surface area contributed by atoms with Crippen molar-refractivity contribution < 1.29 is 18.8 Å². The van der Waals surface area contributed by atoms with Gasteiger partial charge in [0.2, 0.25) is 5.91 Å². The third kappa shape index (κ3) is 3.38. The second-order valence-electron chi connectivity index (χ2n) is 8.85. The summed E-state index contributed by atoms with van der Waals surface area (Å²) in [4.78, 5) is 45.7. The molecule has 4 aliphatic heterocycles. The Labute approximate surface area is 170 Å². The smallest absolute Gasteiger partial charge is 0.320 e. The Morgan fingerprint density at radius 3 is 2.55 bits per heavy atom. The van der Waals surface area contributed by atoms with Gasteiger partial charge in [-0.1, -0.05) is 0 Å². The highest BCUT2D eigenvalue weighted by Gasteiger charge is 2.45. The number of furan rings is 1. The lowest BCUT2D eigenvalue weighted by molar-refractivity contribution is -0.144. The number of carbonyl (C=O) groups excluding carboxylic acids is 3. The van der Waals surface area contributed by atoms with Gasteiger partial charge in [0, 0.05) is 58.3 Å². The van der Waals surface area contributed by atoms with Crippen molar-refractivity contribution in [3.63, 3.8) is 0 Å². The van der Waals surface area contributed by atoms with Crippen LogP contribution in [0, 0.1) is 11.8 Å². The van der Waals surface area contributed by atoms with E-state index < -0.39 is 0 Å². The number of fused-ring (bicyclic) bond motifs is 4. The summed E-state index contributed by atoms with van der Waals surface area (Å²) >= 11 is 0. The van der Waals surface area contributed by atoms with E-state index in [1.165, 1.54) is 12.5 Å². The molecular formula is C21H28N4O4. The quantitative estimate of drug-likeness (QED) is 0.716. The summed E-state index contributed by atoms with van der Waals surface area (Å²) in [5.41, 5.74) is 0.556. The van der Waals surface area contributed by atoms with E-state index in [0.717, 1.165) is 38.9 Å². The van der Waals surface area contributed by atoms with E-state index in [9.17, 15) is 14.4 Å². The van der Waals surface area contributed by atoms with Gasteiger partial charge >= 0.3 is 6.03 Å². The first kappa shape index (κ1) is 18.5. The summed E-state index contributed by atoms with van der Waals surface area (Å²) in [6, 6.07) is 2.07. The second-order valence-corrected chi connectivity index (χ2v) is 8.85. The van der Waals surface area contributed by atoms with E-state index >= 15 is 0 Å². The van der Waals surface area contributed by atoms with E-state index in [2.05, 4.69) is 4.90 Å². The predicted octanol–water partition coefficient (Wildman–Crippen LogP) is 1.49. The molecule has 0 N–H and O–H groups in total. The van der Waals surface area contributed by atoms with Gasteiger partial charge in [-0.05, 0) is 37.2 Å². The molecule has 4 amide bonds. The molecule has 1 aromatic heterocycles. The molecule has 5 heterocycles. The van der Waals surface area contributed by atoms with Crippen LogP contribution in [0.3, 0.4) is 0 Å². The average Bonchev–Trinajstić information content (AvgIpc) is 3.28. The zero-order chi connectivity index (χ0) is 20.0. The molecule has 156 valence electrons. The molecule has 2 bridgehead atoms. The van der Waals surface area contributed by atoms with E-state index in [0.29, 0.717) is 61.9 Å². The average molecular weight is 400 g/mol. The fraction of sp³-hybridized carbons (Fsp3) is 0.667. The van der Waals surface area contributed by atoms with Crippen molar-refractivity contribution in [1.82, 2.24) is 19.6 Å². The monoisotopic (exact) mass is 400 g/mol. The number of carbonyl (C=O) groups is 3. The van der Waals surface area contributed by atoms with Crippen LogP contribution >= 0.6 is 0 Å². The summed E-state index contributed by atoms with van der Waals surface area (Å²) in [6.07, 6.45) is 6.82. The van der Waals surface area contributed by atoms with Gasteiger partial charge in [0.05, 0.1) is 11.8 Å². The lowest BCUT2D eigenvalue weighted by Gasteiger charge is -2.53. The Morgan fingerprint density at radius 1 is 1.00 bits per heavy atom. The molecule has 8 heteroatoms. The van der Waals surface area contributed by atoms with Gasteiger partial charge in [-0.15, -0.1) is 0 Å². The zero-order valence-electron chi connectivity index (χ0n) is 16.7. The molecule has 4 aliphatic rings. The van der Waals surface area contributed by atoms with E-state index in [1.54, 1.807) is 11.0 Å². The second kappa shape index (κ2) is 7.39. The Morgan fingerprint density at radius 2 is 1.79 bits per heavy atom. The van der Waals surface area contributed by atoms with Crippen LogP contribution in [0.4, 0.5) is 4.79 Å². The largest absolute Gasteiger partial charge is 0.472 e. The standard InChI is InChI=1S/C21H28N4O4/c26-19-3-1-2-18-17-10-15(12-25(18)19)11-24(13-17)21(28)23-7-5-22(6-8-23)20(27)16-4-9-29-14-16/h4,9,14-15,17-18H,1-3,5-8,10-13H2/t15-,17-,18-/m1/s1. The lowest BCUT2D eigenvalue weighted by atomic mass is 9.76. The molecular weight excluding hydrogens is 372 g/mol. The highest BCUT2D eigenvalue weighted by molar-refractivity contribution is 5.94. The molecule has 0 spiro atoms. The topological polar surface area (TPSA) is 77.3 Å². The summed E-state index contributed by atoms with van der Waals surface area (Å²) in [5.74, 6) is 1.05. The van der Waals surface area contributed by atoms with E-state index in [4.69, 9.17) is 4.42 Å². The van der Waals surface area contributed by atoms with Crippen molar-refractivity contribution in [3.05, 3.63) is 24.2 Å². The summed E-state index contributed by atoms with van der Waals surface area (Å²) < 4.78 is 5.00. The highest BCUT2D eigenvalue weighted by Crippen LogP contribution is 2.38. The maximum atomic E-state index is 13.2. The van der Waals surface area contributed by atoms with Crippen molar-refractivity contribution in [1.29, 1.82) is 0 Å². The van der Waals surface area contributed by atoms with Gasteiger partial charge < -0.3 is 24.0 Å². The zero-order valence-corrected chi connectivity index (χ0v) is 16.7. The number of likely N-dealkylation sites (tertiary alicyclic amines) is 1. The van der Waals surface area contributed by atoms with E-state index in [1.807, 2.05) is 9.80 Å². The third-order valence-electron chi connectivity index (χ3n) is 7.06. The van der Waals surface area contributed by atoms with Gasteiger partial charge in [0.15, 0.2) is 0 Å². The maximum Gasteiger partial charge on any atom is 0.320 e. The van der Waals surface area contributed by atoms with Crippen molar-refractivity contribution in [2.24, 2.45) is 11.8 Å². The molecule has 0 aliphatic carbocycles. The van der Waals surface area contributed by atoms with Crippen LogP contribution < -0.4 is 0 Å². The van der Waals surface area contributed by atoms with Crippen molar-refractivity contribution in [3.8, 4) is 0 Å². The van der Waals surface area contributed by atoms with Crippen LogP contribution in [-0.4, -0.2) is 89.3 Å². The third-order valence-corrected chi connectivity index (χ3v) is 7.06. The van der Waals surface area contributed by atoms with Crippen LogP contribution in [0.5, 0.6) is 0 Å². The molecule has 4 fully saturated rings. The molecule has 5 rings (SSSR count). The molecule has 3 atom stereocenters. The normalized spacial score (nSPS) is 29.7. The number of rotatable bonds is 1. The number of hydrogen-bond acceptors (Lipinski definition) is 4. The Hall–Kier alpha value is -2.51. The fourth-order valence-electron chi connectivity index (χ4n) is 5.64. The number of amides is 4. The molecule has 0 radical (unpaired) electrons. The minimum Gasteiger partial charge on any atom is -0.472 e. The number of piperazine rings is 1. The van der Waals surface area contributed by atoms with Crippen LogP contribution in [-0.2, 0) is 4.79 Å². The lowest BCUT2D eigenvalue weighted by Crippen LogP contribution is -2.63. The Balaban J connectivity index is 1.19.